The Morgan fingerprint density at radius 1 is 1.18 bits per heavy atom. The van der Waals surface area contributed by atoms with Crippen LogP contribution in [0.15, 0.2) is 48.9 Å². The van der Waals surface area contributed by atoms with Crippen LogP contribution in [0.3, 0.4) is 0 Å². The van der Waals surface area contributed by atoms with Crippen LogP contribution in [0.2, 0.25) is 0 Å². The molecule has 0 spiro atoms. The predicted octanol–water partition coefficient (Wildman–Crippen LogP) is 3.79. The van der Waals surface area contributed by atoms with Crippen LogP contribution in [0.1, 0.15) is 31.2 Å². The fourth-order valence-corrected chi connectivity index (χ4v) is 5.73. The average Bonchev–Trinajstić information content (AvgIpc) is 3.26. The molecule has 212 valence electrons. The lowest BCUT2D eigenvalue weighted by atomic mass is 9.74. The molecule has 13 heteroatoms. The van der Waals surface area contributed by atoms with Crippen molar-refractivity contribution in [1.82, 2.24) is 19.6 Å². The second kappa shape index (κ2) is 11.1. The molecule has 0 bridgehead atoms. The molecule has 5 rings (SSSR count). The van der Waals surface area contributed by atoms with Crippen LogP contribution < -0.4 is 11.1 Å². The zero-order valence-electron chi connectivity index (χ0n) is 22.0. The van der Waals surface area contributed by atoms with Gasteiger partial charge in [0.1, 0.15) is 27.2 Å². The van der Waals surface area contributed by atoms with Crippen molar-refractivity contribution in [2.24, 2.45) is 11.7 Å². The molecule has 1 fully saturated rings. The van der Waals surface area contributed by atoms with Crippen molar-refractivity contribution in [3.8, 4) is 17.0 Å². The Labute approximate surface area is 230 Å². The van der Waals surface area contributed by atoms with Gasteiger partial charge in [-0.25, -0.2) is 22.2 Å². The van der Waals surface area contributed by atoms with E-state index in [4.69, 9.17) is 10.5 Å². The largest absolute Gasteiger partial charge is 0.508 e. The van der Waals surface area contributed by atoms with Crippen molar-refractivity contribution in [2.75, 3.05) is 23.9 Å². The number of halogens is 2. The molecule has 1 aromatic carbocycles. The second-order valence-electron chi connectivity index (χ2n) is 10.3. The number of phenolic OH excluding ortho intramolecular Hbond substituents is 1. The number of nitrogens with one attached hydrogen (secondary N) is 1. The number of nitrogens with zero attached hydrogens (tertiary/aromatic N) is 4. The maximum atomic E-state index is 14.5. The Morgan fingerprint density at radius 3 is 2.62 bits per heavy atom. The number of anilines is 2. The lowest BCUT2D eigenvalue weighted by molar-refractivity contribution is -0.0152. The van der Waals surface area contributed by atoms with Gasteiger partial charge in [-0.05, 0) is 48.4 Å². The van der Waals surface area contributed by atoms with Crippen LogP contribution in [-0.4, -0.2) is 63.9 Å². The van der Waals surface area contributed by atoms with Gasteiger partial charge < -0.3 is 20.9 Å². The Morgan fingerprint density at radius 2 is 1.93 bits per heavy atom. The highest BCUT2D eigenvalue weighted by atomic mass is 32.2. The van der Waals surface area contributed by atoms with Crippen LogP contribution in [0, 0.1) is 17.6 Å². The summed E-state index contributed by atoms with van der Waals surface area (Å²) < 4.78 is 59.3. The summed E-state index contributed by atoms with van der Waals surface area (Å²) in [6.07, 6.45) is 7.26. The number of phenols is 1. The minimum Gasteiger partial charge on any atom is -0.508 e. The number of ether oxygens (including phenoxy) is 1. The summed E-state index contributed by atoms with van der Waals surface area (Å²) >= 11 is 0. The minimum absolute atomic E-state index is 0.0314. The molecule has 40 heavy (non-hydrogen) atoms. The number of pyridine rings is 1. The van der Waals surface area contributed by atoms with Crippen molar-refractivity contribution >= 4 is 27.0 Å². The first-order valence-electron chi connectivity index (χ1n) is 12.8. The van der Waals surface area contributed by atoms with Gasteiger partial charge in [0.05, 0.1) is 53.3 Å². The maximum Gasteiger partial charge on any atom is 0.229 e. The molecule has 0 saturated heterocycles. The van der Waals surface area contributed by atoms with Crippen molar-refractivity contribution in [1.29, 1.82) is 0 Å². The van der Waals surface area contributed by atoms with Gasteiger partial charge in [0.15, 0.2) is 0 Å². The Balaban J connectivity index is 1.39. The third-order valence-electron chi connectivity index (χ3n) is 7.17. The fraction of sp³-hybridized carbons (Fsp3) is 0.370. The van der Waals surface area contributed by atoms with Gasteiger partial charge in [-0.15, -0.1) is 0 Å². The van der Waals surface area contributed by atoms with Gasteiger partial charge in [0.25, 0.3) is 0 Å². The second-order valence-corrected chi connectivity index (χ2v) is 12.5. The fourth-order valence-electron chi connectivity index (χ4n) is 5.33. The summed E-state index contributed by atoms with van der Waals surface area (Å²) in [5.74, 6) is -1.96. The van der Waals surface area contributed by atoms with E-state index in [9.17, 15) is 22.3 Å². The highest BCUT2D eigenvalue weighted by Gasteiger charge is 2.36. The van der Waals surface area contributed by atoms with E-state index in [-0.39, 0.29) is 47.6 Å². The third kappa shape index (κ3) is 5.91. The van der Waals surface area contributed by atoms with E-state index in [1.165, 1.54) is 16.8 Å². The van der Waals surface area contributed by atoms with Gasteiger partial charge in [0.2, 0.25) is 5.95 Å². The monoisotopic (exact) mass is 572 g/mol. The third-order valence-corrected chi connectivity index (χ3v) is 8.08. The normalized spacial score (nSPS) is 21.5. The number of sulfone groups is 1. The first-order valence-corrected chi connectivity index (χ1v) is 14.8. The zero-order valence-corrected chi connectivity index (χ0v) is 22.8. The van der Waals surface area contributed by atoms with Crippen molar-refractivity contribution in [3.63, 3.8) is 0 Å². The summed E-state index contributed by atoms with van der Waals surface area (Å²) in [7, 11) is -3.13. The van der Waals surface area contributed by atoms with E-state index < -0.39 is 27.2 Å². The number of fused-ring (bicyclic) bond motifs is 1. The Bertz CT molecular complexity index is 1610. The zero-order chi connectivity index (χ0) is 28.6. The van der Waals surface area contributed by atoms with Gasteiger partial charge in [0, 0.05) is 30.6 Å². The Hall–Kier alpha value is -3.68. The molecule has 1 aliphatic rings. The first kappa shape index (κ1) is 27.9. The lowest BCUT2D eigenvalue weighted by Crippen LogP contribution is -2.47. The molecule has 0 radical (unpaired) electrons. The minimum atomic E-state index is -3.13. The summed E-state index contributed by atoms with van der Waals surface area (Å²) in [4.78, 5) is 8.66. The van der Waals surface area contributed by atoms with Gasteiger partial charge in [-0.3, -0.25) is 4.98 Å². The van der Waals surface area contributed by atoms with E-state index in [2.05, 4.69) is 20.4 Å². The van der Waals surface area contributed by atoms with Crippen molar-refractivity contribution in [2.45, 2.75) is 37.8 Å². The Kier molecular flexibility index (Phi) is 7.71. The molecular formula is C27H30F2N6O4S. The maximum absolute atomic E-state index is 14.5. The van der Waals surface area contributed by atoms with Crippen molar-refractivity contribution < 1.29 is 27.0 Å². The molecule has 10 nitrogen and oxygen atoms in total. The number of benzene rings is 1. The number of aromatic hydroxyl groups is 1. The first-order chi connectivity index (χ1) is 19.0. The standard InChI is InChI=1S/C27H30F2N6O4S/c1-15-9-16(10-22(30)26(15)39-7-8-40(2,37)38)19-5-6-31-14-24(19)33-27-32-13-17-3-4-23(34-35(17)27)25-20(28)11-18(36)12-21(25)29/h3-6,11-16,22,26,36H,7-10,30H2,1-2H3,(H,32,33)/t15-,16+,22+,26-/m0/s1. The summed E-state index contributed by atoms with van der Waals surface area (Å²) in [6, 6.07) is 6.40. The predicted molar refractivity (Wildman–Crippen MR) is 146 cm³/mol. The molecule has 1 saturated carbocycles. The molecule has 4 aromatic rings. The van der Waals surface area contributed by atoms with E-state index in [0.29, 0.717) is 23.6 Å². The number of hydrogen-bond acceptors (Lipinski definition) is 9. The smallest absolute Gasteiger partial charge is 0.229 e. The van der Waals surface area contributed by atoms with Crippen LogP contribution >= 0.6 is 0 Å². The van der Waals surface area contributed by atoms with Crippen LogP contribution in [-0.2, 0) is 14.6 Å². The number of aromatic nitrogens is 4. The topological polar surface area (TPSA) is 145 Å². The van der Waals surface area contributed by atoms with Crippen LogP contribution in [0.25, 0.3) is 16.8 Å². The SMILES string of the molecule is C[C@H]1C[C@@H](c2ccncc2Nc2ncc3ccc(-c4c(F)cc(O)cc4F)nn23)C[C@@H](N)[C@H]1OCCS(C)(=O)=O. The number of hydrogen-bond donors (Lipinski definition) is 3. The quantitative estimate of drug-likeness (QED) is 0.287. The molecule has 0 unspecified atom stereocenters. The van der Waals surface area contributed by atoms with E-state index in [1.807, 2.05) is 13.0 Å². The highest BCUT2D eigenvalue weighted by molar-refractivity contribution is 7.90. The number of imidazole rings is 1. The summed E-state index contributed by atoms with van der Waals surface area (Å²) in [5.41, 5.74) is 8.42. The van der Waals surface area contributed by atoms with Crippen molar-refractivity contribution in [3.05, 3.63) is 66.1 Å². The van der Waals surface area contributed by atoms with Crippen LogP contribution in [0.4, 0.5) is 20.4 Å². The molecule has 4 N–H and O–H groups in total. The van der Waals surface area contributed by atoms with Gasteiger partial charge in [-0.2, -0.15) is 9.61 Å². The van der Waals surface area contributed by atoms with E-state index in [0.717, 1.165) is 24.1 Å². The molecule has 0 aliphatic heterocycles. The number of rotatable bonds is 8. The molecular weight excluding hydrogens is 542 g/mol. The average molecular weight is 573 g/mol. The van der Waals surface area contributed by atoms with Crippen LogP contribution in [0.5, 0.6) is 5.75 Å². The molecule has 0 amide bonds. The molecule has 1 aliphatic carbocycles. The van der Waals surface area contributed by atoms with Gasteiger partial charge >= 0.3 is 0 Å². The summed E-state index contributed by atoms with van der Waals surface area (Å²) in [5, 5.41) is 17.2. The lowest BCUT2D eigenvalue weighted by Gasteiger charge is -2.39. The molecule has 3 aromatic heterocycles. The molecule has 3 heterocycles. The molecule has 4 atom stereocenters. The summed E-state index contributed by atoms with van der Waals surface area (Å²) in [6.45, 7) is 2.15. The van der Waals surface area contributed by atoms with Gasteiger partial charge in [-0.1, -0.05) is 6.92 Å². The number of nitrogens with two attached hydrogens (primary N) is 1. The van der Waals surface area contributed by atoms with E-state index in [1.54, 1.807) is 24.7 Å². The highest BCUT2D eigenvalue weighted by Crippen LogP contribution is 2.40. The van der Waals surface area contributed by atoms with E-state index >= 15 is 0 Å².